The van der Waals surface area contributed by atoms with Crippen LogP contribution < -0.4 is 10.6 Å². The molecule has 1 aromatic rings. The van der Waals surface area contributed by atoms with E-state index in [0.717, 1.165) is 30.1 Å². The molecule has 1 amide bonds. The molecule has 1 aliphatic rings. The largest absolute Gasteiger partial charge is 0.361 e. The molecule has 1 fully saturated rings. The summed E-state index contributed by atoms with van der Waals surface area (Å²) >= 11 is 0. The summed E-state index contributed by atoms with van der Waals surface area (Å²) in [6.07, 6.45) is 0. The van der Waals surface area contributed by atoms with Gasteiger partial charge in [0.05, 0.1) is 17.7 Å². The van der Waals surface area contributed by atoms with Gasteiger partial charge in [0.15, 0.2) is 0 Å². The second-order valence-electron chi connectivity index (χ2n) is 5.21. The highest BCUT2D eigenvalue weighted by molar-refractivity contribution is 5.80. The van der Waals surface area contributed by atoms with E-state index in [2.05, 4.69) is 22.7 Å². The Kier molecular flexibility index (Phi) is 3.71. The van der Waals surface area contributed by atoms with Gasteiger partial charge in [-0.3, -0.25) is 4.79 Å². The van der Waals surface area contributed by atoms with Crippen LogP contribution in [0.2, 0.25) is 0 Å². The number of nitrogens with one attached hydrogen (secondary N) is 2. The Hall–Kier alpha value is -1.36. The minimum absolute atomic E-state index is 0.0588. The van der Waals surface area contributed by atoms with Crippen molar-refractivity contribution < 1.29 is 9.32 Å². The van der Waals surface area contributed by atoms with Crippen LogP contribution in [0.5, 0.6) is 0 Å². The fourth-order valence-corrected chi connectivity index (χ4v) is 2.66. The summed E-state index contributed by atoms with van der Waals surface area (Å²) in [5.74, 6) is 1.34. The first-order valence-corrected chi connectivity index (χ1v) is 6.44. The summed E-state index contributed by atoms with van der Waals surface area (Å²) in [5.41, 5.74) is 1.83. The van der Waals surface area contributed by atoms with Gasteiger partial charge in [0.25, 0.3) is 0 Å². The predicted octanol–water partition coefficient (Wildman–Crippen LogP) is 1.32. The van der Waals surface area contributed by atoms with E-state index in [1.54, 1.807) is 0 Å². The molecule has 0 bridgehead atoms. The van der Waals surface area contributed by atoms with Crippen molar-refractivity contribution in [1.29, 1.82) is 0 Å². The average Bonchev–Trinajstić information content (AvgIpc) is 2.85. The van der Waals surface area contributed by atoms with Gasteiger partial charge in [-0.05, 0) is 33.2 Å². The summed E-state index contributed by atoms with van der Waals surface area (Å²) in [6, 6.07) is -0.0588. The lowest BCUT2D eigenvalue weighted by Crippen LogP contribution is -2.36. The van der Waals surface area contributed by atoms with E-state index in [-0.39, 0.29) is 17.9 Å². The van der Waals surface area contributed by atoms with Gasteiger partial charge in [0.2, 0.25) is 5.91 Å². The van der Waals surface area contributed by atoms with E-state index in [9.17, 15) is 4.79 Å². The number of carbonyl (C=O) groups excluding carboxylic acids is 1. The highest BCUT2D eigenvalue weighted by atomic mass is 16.5. The van der Waals surface area contributed by atoms with Crippen molar-refractivity contribution in [1.82, 2.24) is 15.8 Å². The number of hydrogen-bond donors (Lipinski definition) is 2. The number of hydrogen-bond acceptors (Lipinski definition) is 4. The third kappa shape index (κ3) is 2.41. The minimum atomic E-state index is -0.0588. The van der Waals surface area contributed by atoms with Crippen LogP contribution in [0.15, 0.2) is 4.52 Å². The lowest BCUT2D eigenvalue weighted by Gasteiger charge is -2.19. The van der Waals surface area contributed by atoms with Crippen molar-refractivity contribution >= 4 is 5.91 Å². The number of nitrogens with zero attached hydrogens (tertiary/aromatic N) is 1. The van der Waals surface area contributed by atoms with Gasteiger partial charge in [-0.25, -0.2) is 0 Å². The van der Waals surface area contributed by atoms with Crippen molar-refractivity contribution in [3.63, 3.8) is 0 Å². The maximum absolute atomic E-state index is 12.2. The van der Waals surface area contributed by atoms with E-state index >= 15 is 0 Å². The minimum Gasteiger partial charge on any atom is -0.361 e. The standard InChI is InChI=1S/C13H21N3O2/c1-7-5-14-6-11(7)13(17)15-8(2)12-9(3)16-18-10(12)4/h7-8,11,14H,5-6H2,1-4H3,(H,15,17). The number of aryl methyl sites for hydroxylation is 2. The van der Waals surface area contributed by atoms with Crippen molar-refractivity contribution in [3.05, 3.63) is 17.0 Å². The molecule has 100 valence electrons. The molecule has 2 N–H and O–H groups in total. The zero-order valence-electron chi connectivity index (χ0n) is 11.4. The van der Waals surface area contributed by atoms with Crippen molar-refractivity contribution in [2.75, 3.05) is 13.1 Å². The molecule has 5 nitrogen and oxygen atoms in total. The number of amides is 1. The maximum Gasteiger partial charge on any atom is 0.225 e. The molecule has 0 saturated carbocycles. The molecule has 0 aromatic carbocycles. The molecular formula is C13H21N3O2. The molecule has 1 aliphatic heterocycles. The summed E-state index contributed by atoms with van der Waals surface area (Å²) in [7, 11) is 0. The molecule has 5 heteroatoms. The molecule has 18 heavy (non-hydrogen) atoms. The second-order valence-corrected chi connectivity index (χ2v) is 5.21. The smallest absolute Gasteiger partial charge is 0.225 e. The fourth-order valence-electron chi connectivity index (χ4n) is 2.66. The molecule has 2 heterocycles. The molecule has 1 aromatic heterocycles. The van der Waals surface area contributed by atoms with Crippen molar-refractivity contribution in [2.24, 2.45) is 11.8 Å². The van der Waals surface area contributed by atoms with E-state index in [0.29, 0.717) is 5.92 Å². The summed E-state index contributed by atoms with van der Waals surface area (Å²) in [6.45, 7) is 9.52. The van der Waals surface area contributed by atoms with Gasteiger partial charge in [-0.1, -0.05) is 12.1 Å². The Morgan fingerprint density at radius 3 is 2.72 bits per heavy atom. The van der Waals surface area contributed by atoms with Crippen LogP contribution in [0.3, 0.4) is 0 Å². The first kappa shape index (κ1) is 13.1. The predicted molar refractivity (Wildman–Crippen MR) is 68.1 cm³/mol. The van der Waals surface area contributed by atoms with E-state index in [4.69, 9.17) is 4.52 Å². The van der Waals surface area contributed by atoms with Gasteiger partial charge in [-0.15, -0.1) is 0 Å². The molecule has 3 atom stereocenters. The monoisotopic (exact) mass is 251 g/mol. The first-order valence-electron chi connectivity index (χ1n) is 6.44. The average molecular weight is 251 g/mol. The Labute approximate surface area is 107 Å². The topological polar surface area (TPSA) is 67.2 Å². The molecule has 3 unspecified atom stereocenters. The molecule has 0 radical (unpaired) electrons. The molecule has 0 spiro atoms. The van der Waals surface area contributed by atoms with Crippen molar-refractivity contribution in [3.8, 4) is 0 Å². The van der Waals surface area contributed by atoms with E-state index < -0.39 is 0 Å². The molecular weight excluding hydrogens is 230 g/mol. The molecule has 1 saturated heterocycles. The Bertz CT molecular complexity index is 422. The second kappa shape index (κ2) is 5.10. The summed E-state index contributed by atoms with van der Waals surface area (Å²) in [4.78, 5) is 12.2. The summed E-state index contributed by atoms with van der Waals surface area (Å²) in [5, 5.41) is 10.2. The molecule has 0 aliphatic carbocycles. The number of aromatic nitrogens is 1. The van der Waals surface area contributed by atoms with E-state index in [1.165, 1.54) is 0 Å². The Morgan fingerprint density at radius 1 is 1.50 bits per heavy atom. The van der Waals surface area contributed by atoms with Gasteiger partial charge in [0.1, 0.15) is 5.76 Å². The number of carbonyl (C=O) groups is 1. The Balaban J connectivity index is 2.03. The van der Waals surface area contributed by atoms with Crippen molar-refractivity contribution in [2.45, 2.75) is 33.7 Å². The van der Waals surface area contributed by atoms with E-state index in [1.807, 2.05) is 20.8 Å². The normalized spacial score (nSPS) is 25.1. The van der Waals surface area contributed by atoms with Crippen LogP contribution in [0.1, 0.15) is 36.9 Å². The van der Waals surface area contributed by atoms with Crippen LogP contribution >= 0.6 is 0 Å². The SMILES string of the molecule is Cc1noc(C)c1C(C)NC(=O)C1CNCC1C. The lowest BCUT2D eigenvalue weighted by molar-refractivity contribution is -0.126. The highest BCUT2D eigenvalue weighted by Gasteiger charge is 2.31. The molecule has 2 rings (SSSR count). The maximum atomic E-state index is 12.2. The van der Waals surface area contributed by atoms with Crippen LogP contribution in [-0.4, -0.2) is 24.2 Å². The van der Waals surface area contributed by atoms with Gasteiger partial charge >= 0.3 is 0 Å². The fraction of sp³-hybridized carbons (Fsp3) is 0.692. The van der Waals surface area contributed by atoms with Gasteiger partial charge in [0, 0.05) is 12.1 Å². The summed E-state index contributed by atoms with van der Waals surface area (Å²) < 4.78 is 5.13. The third-order valence-corrected chi connectivity index (χ3v) is 3.73. The van der Waals surface area contributed by atoms with Crippen LogP contribution in [0.25, 0.3) is 0 Å². The first-order chi connectivity index (χ1) is 8.50. The quantitative estimate of drug-likeness (QED) is 0.850. The van der Waals surface area contributed by atoms with Crippen LogP contribution in [-0.2, 0) is 4.79 Å². The highest BCUT2D eigenvalue weighted by Crippen LogP contribution is 2.23. The van der Waals surface area contributed by atoms with Gasteiger partial charge < -0.3 is 15.2 Å². The van der Waals surface area contributed by atoms with Crippen LogP contribution in [0.4, 0.5) is 0 Å². The third-order valence-electron chi connectivity index (χ3n) is 3.73. The Morgan fingerprint density at radius 2 is 2.22 bits per heavy atom. The van der Waals surface area contributed by atoms with Gasteiger partial charge in [-0.2, -0.15) is 0 Å². The zero-order chi connectivity index (χ0) is 13.3. The van der Waals surface area contributed by atoms with Crippen LogP contribution in [0, 0.1) is 25.7 Å². The zero-order valence-corrected chi connectivity index (χ0v) is 11.4. The number of rotatable bonds is 3. The lowest BCUT2D eigenvalue weighted by atomic mass is 9.96.